The van der Waals surface area contributed by atoms with E-state index in [1.807, 2.05) is 111 Å². The Morgan fingerprint density at radius 2 is 1.47 bits per heavy atom. The van der Waals surface area contributed by atoms with Gasteiger partial charge >= 0.3 is 0 Å². The lowest BCUT2D eigenvalue weighted by Crippen LogP contribution is -2.43. The molecule has 3 N–H and O–H groups in total. The Kier molecular flexibility index (Phi) is 11.3. The molecule has 1 fully saturated rings. The average molecular weight is 657 g/mol. The molecular formula is C42H44N2O5. The maximum atomic E-state index is 12.5. The zero-order valence-electron chi connectivity index (χ0n) is 28.0. The maximum absolute atomic E-state index is 12.5. The van der Waals surface area contributed by atoms with Crippen LogP contribution in [0.4, 0.5) is 0 Å². The number of hydrogen-bond acceptors (Lipinski definition) is 6. The number of ether oxygens (including phenoxy) is 2. The number of nitrogens with one attached hydrogen (secondary N) is 1. The van der Waals surface area contributed by atoms with E-state index in [-0.39, 0.29) is 30.8 Å². The van der Waals surface area contributed by atoms with Gasteiger partial charge in [0, 0.05) is 36.7 Å². The van der Waals surface area contributed by atoms with Crippen LogP contribution in [0.1, 0.15) is 70.0 Å². The summed E-state index contributed by atoms with van der Waals surface area (Å²) in [4.78, 5) is 14.7. The number of nitrogens with zero attached hydrogens (tertiary/aromatic N) is 1. The lowest BCUT2D eigenvalue weighted by Gasteiger charge is -2.39. The van der Waals surface area contributed by atoms with E-state index in [9.17, 15) is 15.0 Å². The van der Waals surface area contributed by atoms with E-state index < -0.39 is 12.4 Å². The van der Waals surface area contributed by atoms with Gasteiger partial charge in [0.25, 0.3) is 5.91 Å². The predicted molar refractivity (Wildman–Crippen MR) is 191 cm³/mol. The van der Waals surface area contributed by atoms with Gasteiger partial charge in [0.1, 0.15) is 0 Å². The second kappa shape index (κ2) is 16.2. The van der Waals surface area contributed by atoms with Gasteiger partial charge in [0.15, 0.2) is 6.29 Å². The smallest absolute Gasteiger partial charge is 0.251 e. The monoisotopic (exact) mass is 656 g/mol. The number of likely N-dealkylation sites (N-methyl/N-ethyl adjacent to an activating group) is 1. The predicted octanol–water partition coefficient (Wildman–Crippen LogP) is 7.38. The van der Waals surface area contributed by atoms with E-state index >= 15 is 0 Å². The number of carbonyl (C=O) groups excluding carboxylic acids is 1. The number of carbonyl (C=O) groups is 1. The van der Waals surface area contributed by atoms with Crippen LogP contribution in [0.3, 0.4) is 0 Å². The molecule has 1 aliphatic rings. The molecular weight excluding hydrogens is 612 g/mol. The van der Waals surface area contributed by atoms with E-state index in [1.54, 1.807) is 12.1 Å². The zero-order valence-corrected chi connectivity index (χ0v) is 28.0. The number of benzene rings is 5. The number of rotatable bonds is 12. The fourth-order valence-corrected chi connectivity index (χ4v) is 6.26. The number of hydrogen-bond donors (Lipinski definition) is 3. The Hall–Kier alpha value is -4.63. The molecule has 1 saturated heterocycles. The van der Waals surface area contributed by atoms with Crippen LogP contribution in [-0.4, -0.2) is 46.8 Å². The molecule has 7 heteroatoms. The van der Waals surface area contributed by atoms with Crippen molar-refractivity contribution >= 4 is 5.91 Å². The quantitative estimate of drug-likeness (QED) is 0.130. The van der Waals surface area contributed by atoms with E-state index in [0.29, 0.717) is 25.1 Å². The van der Waals surface area contributed by atoms with Gasteiger partial charge < -0.3 is 25.0 Å². The van der Waals surface area contributed by atoms with Gasteiger partial charge in [-0.3, -0.25) is 9.69 Å². The molecule has 5 aromatic rings. The highest BCUT2D eigenvalue weighted by Gasteiger charge is 2.34. The third-order valence-electron chi connectivity index (χ3n) is 9.33. The first-order valence-corrected chi connectivity index (χ1v) is 16.8. The highest BCUT2D eigenvalue weighted by atomic mass is 16.7. The van der Waals surface area contributed by atoms with Crippen LogP contribution in [0.25, 0.3) is 11.1 Å². The van der Waals surface area contributed by atoms with Crippen molar-refractivity contribution in [1.29, 1.82) is 0 Å². The molecule has 1 amide bonds. The van der Waals surface area contributed by atoms with Crippen LogP contribution >= 0.6 is 0 Å². The van der Waals surface area contributed by atoms with E-state index in [0.717, 1.165) is 38.9 Å². The second-order valence-corrected chi connectivity index (χ2v) is 12.8. The summed E-state index contributed by atoms with van der Waals surface area (Å²) < 4.78 is 13.2. The molecule has 1 heterocycles. The summed E-state index contributed by atoms with van der Waals surface area (Å²) in [6.45, 7) is 3.07. The minimum absolute atomic E-state index is 0.00975. The molecule has 49 heavy (non-hydrogen) atoms. The van der Waals surface area contributed by atoms with Crippen molar-refractivity contribution in [1.82, 2.24) is 10.2 Å². The lowest BCUT2D eigenvalue weighted by atomic mass is 9.98. The van der Waals surface area contributed by atoms with Gasteiger partial charge in [-0.15, -0.1) is 0 Å². The van der Waals surface area contributed by atoms with E-state index in [4.69, 9.17) is 9.47 Å². The van der Waals surface area contributed by atoms with Crippen molar-refractivity contribution in [2.75, 3.05) is 13.6 Å². The summed E-state index contributed by atoms with van der Waals surface area (Å²) in [7, 11) is 2.02. The molecule has 7 nitrogen and oxygen atoms in total. The van der Waals surface area contributed by atoms with Crippen molar-refractivity contribution in [2.24, 2.45) is 0 Å². The lowest BCUT2D eigenvalue weighted by molar-refractivity contribution is -0.253. The third-order valence-corrected chi connectivity index (χ3v) is 9.33. The summed E-state index contributed by atoms with van der Waals surface area (Å²) >= 11 is 0. The number of amides is 1. The van der Waals surface area contributed by atoms with Gasteiger partial charge in [0.05, 0.1) is 24.9 Å². The number of aliphatic hydroxyl groups excluding tert-OH is 2. The van der Waals surface area contributed by atoms with Gasteiger partial charge in [-0.25, -0.2) is 0 Å². The Labute approximate surface area is 288 Å². The molecule has 0 bridgehead atoms. The normalized spacial score (nSPS) is 18.9. The average Bonchev–Trinajstić information content (AvgIpc) is 3.17. The molecule has 1 aliphatic heterocycles. The molecule has 6 rings (SSSR count). The summed E-state index contributed by atoms with van der Waals surface area (Å²) in [6, 6.07) is 43.1. The summed E-state index contributed by atoms with van der Waals surface area (Å²) in [5.74, 6) is -0.100. The first-order valence-electron chi connectivity index (χ1n) is 16.8. The van der Waals surface area contributed by atoms with Crippen LogP contribution in [0.5, 0.6) is 0 Å². The summed E-state index contributed by atoms with van der Waals surface area (Å²) in [6.07, 6.45) is -0.924. The van der Waals surface area contributed by atoms with Gasteiger partial charge in [0.2, 0.25) is 0 Å². The first kappa shape index (κ1) is 34.2. The van der Waals surface area contributed by atoms with Crippen LogP contribution in [0, 0.1) is 0 Å². The van der Waals surface area contributed by atoms with Crippen molar-refractivity contribution in [3.05, 3.63) is 167 Å². The fraction of sp³-hybridized carbons (Fsp3) is 0.262. The van der Waals surface area contributed by atoms with E-state index in [2.05, 4.69) is 34.5 Å². The Morgan fingerprint density at radius 1 is 0.796 bits per heavy atom. The van der Waals surface area contributed by atoms with Crippen molar-refractivity contribution < 1.29 is 24.5 Å². The molecule has 5 aromatic carbocycles. The minimum atomic E-state index is -0.630. The second-order valence-electron chi connectivity index (χ2n) is 12.8. The van der Waals surface area contributed by atoms with E-state index in [1.165, 1.54) is 0 Å². The Morgan fingerprint density at radius 3 is 2.16 bits per heavy atom. The highest BCUT2D eigenvalue weighted by molar-refractivity contribution is 5.94. The Balaban J connectivity index is 1.16. The standard InChI is InChI=1S/C42H44N2O5/c1-29(40(46)34-11-5-3-6-12-34)44(2)27-38-25-39(33-18-16-30(28-45)17-19-33)49-42(48-38)36-22-20-32(21-23-36)37-15-9-10-31(24-37)26-43-41(47)35-13-7-4-8-14-35/h3-24,29,38-40,42,45-46H,25-28H2,1-2H3,(H,43,47)/t29-,38-,39+,40-,42+/m1/s1. The van der Waals surface area contributed by atoms with Gasteiger partial charge in [-0.05, 0) is 65.6 Å². The largest absolute Gasteiger partial charge is 0.392 e. The molecule has 0 radical (unpaired) electrons. The van der Waals surface area contributed by atoms with Gasteiger partial charge in [-0.1, -0.05) is 115 Å². The molecule has 0 saturated carbocycles. The molecule has 0 aromatic heterocycles. The molecule has 0 spiro atoms. The molecule has 0 aliphatic carbocycles. The highest BCUT2D eigenvalue weighted by Crippen LogP contribution is 2.39. The van der Waals surface area contributed by atoms with Crippen LogP contribution in [0.2, 0.25) is 0 Å². The number of aliphatic hydroxyl groups is 2. The molecule has 5 atom stereocenters. The van der Waals surface area contributed by atoms with Crippen molar-refractivity contribution in [3.63, 3.8) is 0 Å². The summed E-state index contributed by atoms with van der Waals surface area (Å²) in [5, 5.41) is 23.7. The molecule has 0 unspecified atom stereocenters. The fourth-order valence-electron chi connectivity index (χ4n) is 6.26. The minimum Gasteiger partial charge on any atom is -0.392 e. The Bertz CT molecular complexity index is 1780. The maximum Gasteiger partial charge on any atom is 0.251 e. The van der Waals surface area contributed by atoms with Crippen LogP contribution in [-0.2, 0) is 22.6 Å². The zero-order chi connectivity index (χ0) is 34.2. The van der Waals surface area contributed by atoms with Crippen molar-refractivity contribution in [3.8, 4) is 11.1 Å². The SMILES string of the molecule is C[C@H]([C@@H](O)c1ccccc1)N(C)C[C@H]1C[C@@H](c2ccc(CO)cc2)O[C@@H](c2ccc(-c3cccc(CNC(=O)c4ccccc4)c3)cc2)O1. The van der Waals surface area contributed by atoms with Crippen LogP contribution in [0.15, 0.2) is 133 Å². The molecule has 252 valence electrons. The topological polar surface area (TPSA) is 91.3 Å². The van der Waals surface area contributed by atoms with Crippen molar-refractivity contribution in [2.45, 2.75) is 57.1 Å². The van der Waals surface area contributed by atoms with Crippen LogP contribution < -0.4 is 5.32 Å². The third kappa shape index (κ3) is 8.70. The first-order chi connectivity index (χ1) is 23.9. The summed E-state index contributed by atoms with van der Waals surface area (Å²) in [5.41, 5.74) is 7.43. The van der Waals surface area contributed by atoms with Gasteiger partial charge in [-0.2, -0.15) is 0 Å².